The number of halogens is 1. The molecule has 1 unspecified atom stereocenters. The number of aliphatic hydroxyl groups is 1. The second-order valence-electron chi connectivity index (χ2n) is 14.4. The standard InChI is InChI=1S/C30H49IN2O5Si/c1-17-21-13-20(30(21,6)7)14-23(17)32-28(36)26-25(18(2)34)24(16-37-39(8,9)29(3,4)5)38-33(26)15-19-11-10-12-22(31)27(19)35/h10-12,17-18,20-21,23-26,34-35H,13-16H2,1-9H3,(H,32,36)/t17-,18-,20+,21?,23-,24-,25+,26-/m0/s1. The molecule has 9 heteroatoms. The van der Waals surface area contributed by atoms with Crippen molar-refractivity contribution in [2.24, 2.45) is 29.1 Å². The summed E-state index contributed by atoms with van der Waals surface area (Å²) in [6, 6.07) is 5.00. The Bertz CT molecular complexity index is 1060. The Morgan fingerprint density at radius 1 is 1.31 bits per heavy atom. The molecule has 0 aromatic heterocycles. The van der Waals surface area contributed by atoms with Crippen LogP contribution in [0.4, 0.5) is 0 Å². The number of hydrogen-bond acceptors (Lipinski definition) is 6. The number of fused-ring (bicyclic) bond motifs is 2. The fourth-order valence-electron chi connectivity index (χ4n) is 6.83. The van der Waals surface area contributed by atoms with Gasteiger partial charge in [0.25, 0.3) is 0 Å². The molecular weight excluding hydrogens is 623 g/mol. The van der Waals surface area contributed by atoms with Crippen molar-refractivity contribution in [2.45, 2.75) is 110 Å². The fourth-order valence-corrected chi connectivity index (χ4v) is 8.40. The van der Waals surface area contributed by atoms with Crippen molar-refractivity contribution in [1.82, 2.24) is 10.4 Å². The lowest BCUT2D eigenvalue weighted by molar-refractivity contribution is -0.182. The quantitative estimate of drug-likeness (QED) is 0.243. The first-order valence-electron chi connectivity index (χ1n) is 14.5. The number of aliphatic hydroxyl groups excluding tert-OH is 1. The zero-order valence-electron chi connectivity index (χ0n) is 25.1. The summed E-state index contributed by atoms with van der Waals surface area (Å²) in [5, 5.41) is 26.8. The van der Waals surface area contributed by atoms with E-state index in [9.17, 15) is 15.0 Å². The molecule has 4 fully saturated rings. The fraction of sp³-hybridized carbons (Fsp3) is 0.767. The Balaban J connectivity index is 1.59. The number of aromatic hydroxyl groups is 1. The number of nitrogens with one attached hydrogen (secondary N) is 1. The first kappa shape index (κ1) is 31.2. The van der Waals surface area contributed by atoms with Gasteiger partial charge < -0.3 is 20.0 Å². The van der Waals surface area contributed by atoms with E-state index in [0.29, 0.717) is 35.3 Å². The number of nitrogens with zero attached hydrogens (tertiary/aromatic N) is 1. The van der Waals surface area contributed by atoms with Gasteiger partial charge in [0.15, 0.2) is 8.32 Å². The summed E-state index contributed by atoms with van der Waals surface area (Å²) in [6.45, 7) is 20.2. The van der Waals surface area contributed by atoms with Gasteiger partial charge in [-0.2, -0.15) is 5.06 Å². The molecule has 0 spiro atoms. The van der Waals surface area contributed by atoms with Gasteiger partial charge in [0.05, 0.1) is 22.8 Å². The molecule has 2 bridgehead atoms. The molecule has 39 heavy (non-hydrogen) atoms. The predicted octanol–water partition coefficient (Wildman–Crippen LogP) is 5.69. The van der Waals surface area contributed by atoms with Crippen molar-refractivity contribution in [3.63, 3.8) is 0 Å². The molecule has 1 aliphatic heterocycles. The maximum absolute atomic E-state index is 14.1. The van der Waals surface area contributed by atoms with Crippen LogP contribution in [0.1, 0.15) is 66.9 Å². The van der Waals surface area contributed by atoms with Gasteiger partial charge in [0.1, 0.15) is 17.9 Å². The number of carbonyl (C=O) groups is 1. The van der Waals surface area contributed by atoms with Crippen LogP contribution >= 0.6 is 22.6 Å². The van der Waals surface area contributed by atoms with Crippen LogP contribution in [0.15, 0.2) is 18.2 Å². The molecule has 4 aliphatic rings. The molecule has 220 valence electrons. The topological polar surface area (TPSA) is 91.3 Å². The van der Waals surface area contributed by atoms with E-state index < -0.39 is 32.5 Å². The lowest BCUT2D eigenvalue weighted by atomic mass is 9.45. The predicted molar refractivity (Wildman–Crippen MR) is 164 cm³/mol. The van der Waals surface area contributed by atoms with Gasteiger partial charge in [0.2, 0.25) is 5.91 Å². The van der Waals surface area contributed by atoms with Crippen molar-refractivity contribution in [3.05, 3.63) is 27.3 Å². The smallest absolute Gasteiger partial charge is 0.240 e. The first-order valence-corrected chi connectivity index (χ1v) is 18.5. The van der Waals surface area contributed by atoms with Crippen LogP contribution < -0.4 is 5.32 Å². The van der Waals surface area contributed by atoms with Crippen molar-refractivity contribution in [2.75, 3.05) is 6.61 Å². The highest BCUT2D eigenvalue weighted by Crippen LogP contribution is 2.61. The Labute approximate surface area is 249 Å². The Kier molecular flexibility index (Phi) is 8.94. The van der Waals surface area contributed by atoms with Crippen LogP contribution in [-0.4, -0.2) is 60.4 Å². The Morgan fingerprint density at radius 2 is 1.97 bits per heavy atom. The Morgan fingerprint density at radius 3 is 2.54 bits per heavy atom. The second-order valence-corrected chi connectivity index (χ2v) is 20.3. The van der Waals surface area contributed by atoms with Gasteiger partial charge in [-0.25, -0.2) is 0 Å². The van der Waals surface area contributed by atoms with Crippen LogP contribution in [0.3, 0.4) is 0 Å². The third kappa shape index (κ3) is 5.95. The summed E-state index contributed by atoms with van der Waals surface area (Å²) in [6.07, 6.45) is 0.975. The number of hydroxylamine groups is 2. The molecule has 3 saturated carbocycles. The van der Waals surface area contributed by atoms with E-state index in [1.54, 1.807) is 12.0 Å². The highest BCUT2D eigenvalue weighted by atomic mass is 127. The van der Waals surface area contributed by atoms with E-state index >= 15 is 0 Å². The van der Waals surface area contributed by atoms with E-state index in [0.717, 1.165) is 9.99 Å². The van der Waals surface area contributed by atoms with Gasteiger partial charge in [0, 0.05) is 17.5 Å². The monoisotopic (exact) mass is 672 g/mol. The van der Waals surface area contributed by atoms with Gasteiger partial charge in [-0.1, -0.05) is 53.7 Å². The molecule has 5 rings (SSSR count). The average molecular weight is 673 g/mol. The summed E-state index contributed by atoms with van der Waals surface area (Å²) in [5.41, 5.74) is 1.02. The van der Waals surface area contributed by atoms with Crippen LogP contribution in [0.2, 0.25) is 18.1 Å². The third-order valence-electron chi connectivity index (χ3n) is 10.7. The van der Waals surface area contributed by atoms with Gasteiger partial charge in [-0.05, 0) is 89.7 Å². The molecule has 3 N–H and O–H groups in total. The summed E-state index contributed by atoms with van der Waals surface area (Å²) in [4.78, 5) is 20.5. The zero-order chi connectivity index (χ0) is 29.1. The summed E-state index contributed by atoms with van der Waals surface area (Å²) in [5.74, 6) is 1.24. The molecule has 1 saturated heterocycles. The largest absolute Gasteiger partial charge is 0.507 e. The summed E-state index contributed by atoms with van der Waals surface area (Å²) in [7, 11) is -2.08. The zero-order valence-corrected chi connectivity index (χ0v) is 28.3. The normalized spacial score (nSPS) is 33.5. The number of amides is 1. The molecule has 8 atom stereocenters. The minimum absolute atomic E-state index is 0.0284. The van der Waals surface area contributed by atoms with Crippen LogP contribution in [0.25, 0.3) is 0 Å². The second kappa shape index (κ2) is 11.2. The van der Waals surface area contributed by atoms with Gasteiger partial charge in [-0.3, -0.25) is 9.63 Å². The molecule has 1 amide bonds. The van der Waals surface area contributed by atoms with E-state index in [4.69, 9.17) is 9.26 Å². The van der Waals surface area contributed by atoms with Gasteiger partial charge in [-0.15, -0.1) is 0 Å². The molecule has 1 heterocycles. The van der Waals surface area contributed by atoms with Crippen molar-refractivity contribution < 1.29 is 24.3 Å². The number of para-hydroxylation sites is 1. The lowest BCUT2D eigenvalue weighted by Crippen LogP contribution is -2.62. The third-order valence-corrected chi connectivity index (χ3v) is 16.1. The number of phenolic OH excluding ortho intramolecular Hbond substituents is 1. The molecule has 7 nitrogen and oxygen atoms in total. The highest BCUT2D eigenvalue weighted by Gasteiger charge is 2.57. The first-order chi connectivity index (χ1) is 18.0. The lowest BCUT2D eigenvalue weighted by Gasteiger charge is -2.62. The average Bonchev–Trinajstić information content (AvgIpc) is 3.19. The van der Waals surface area contributed by atoms with Crippen LogP contribution in [-0.2, 0) is 20.6 Å². The van der Waals surface area contributed by atoms with Crippen molar-refractivity contribution in [1.29, 1.82) is 0 Å². The minimum atomic E-state index is -2.08. The maximum atomic E-state index is 14.1. The molecule has 0 radical (unpaired) electrons. The summed E-state index contributed by atoms with van der Waals surface area (Å²) < 4.78 is 7.27. The maximum Gasteiger partial charge on any atom is 0.240 e. The minimum Gasteiger partial charge on any atom is -0.507 e. The van der Waals surface area contributed by atoms with E-state index in [-0.39, 0.29) is 29.3 Å². The number of benzene rings is 1. The van der Waals surface area contributed by atoms with Gasteiger partial charge >= 0.3 is 0 Å². The number of phenols is 1. The van der Waals surface area contributed by atoms with Crippen LogP contribution in [0, 0.1) is 32.7 Å². The van der Waals surface area contributed by atoms with Crippen LogP contribution in [0.5, 0.6) is 5.75 Å². The molecule has 1 aromatic carbocycles. The van der Waals surface area contributed by atoms with E-state index in [1.807, 2.05) is 18.2 Å². The SMILES string of the molecule is C[C@H](O)[C@@H]1[C@H](CO[Si](C)(C)C(C)(C)C)ON(Cc2cccc(I)c2O)[C@@H]1C(=O)N[C@H]1C[C@H]2CC([C@@H]1C)C2(C)C. The summed E-state index contributed by atoms with van der Waals surface area (Å²) >= 11 is 2.11. The van der Waals surface area contributed by atoms with Crippen molar-refractivity contribution >= 4 is 36.8 Å². The Hall–Kier alpha value is -0.723. The number of rotatable bonds is 8. The highest BCUT2D eigenvalue weighted by molar-refractivity contribution is 14.1. The van der Waals surface area contributed by atoms with Crippen molar-refractivity contribution in [3.8, 4) is 5.75 Å². The number of hydrogen-bond donors (Lipinski definition) is 3. The molecule has 1 aromatic rings. The van der Waals surface area contributed by atoms with E-state index in [2.05, 4.69) is 82.5 Å². The molecule has 3 aliphatic carbocycles. The number of carbonyl (C=O) groups excluding carboxylic acids is 1. The van der Waals surface area contributed by atoms with E-state index in [1.165, 1.54) is 6.42 Å². The molecular formula is C30H49IN2O5Si.